The normalized spacial score (nSPS) is 10.3. The Hall–Kier alpha value is -1.66. The minimum Gasteiger partial charge on any atom is -0.465 e. The first kappa shape index (κ1) is 15.4. The number of amides is 1. The van der Waals surface area contributed by atoms with Crippen LogP contribution < -0.4 is 5.32 Å². The van der Waals surface area contributed by atoms with Crippen LogP contribution in [0, 0.1) is 0 Å². The van der Waals surface area contributed by atoms with Crippen LogP contribution in [0.4, 0.5) is 5.69 Å². The van der Waals surface area contributed by atoms with E-state index in [0.717, 1.165) is 0 Å². The molecule has 0 fully saturated rings. The first-order valence-electron chi connectivity index (χ1n) is 5.77. The topological polar surface area (TPSA) is 71.5 Å². The number of rotatable bonds is 6. The van der Waals surface area contributed by atoms with E-state index < -0.39 is 0 Å². The number of aromatic nitrogens is 1. The fourth-order valence-corrected chi connectivity index (χ4v) is 1.56. The van der Waals surface area contributed by atoms with Gasteiger partial charge in [0.25, 0.3) is 0 Å². The number of carbonyl (C=O) groups excluding carboxylic acids is 2. The lowest BCUT2D eigenvalue weighted by atomic mass is 10.4. The number of likely N-dealkylation sites (N-methyl/N-ethyl adjacent to an activating group) is 1. The van der Waals surface area contributed by atoms with Crippen molar-refractivity contribution >= 4 is 29.2 Å². The average molecular weight is 286 g/mol. The molecular weight excluding hydrogens is 270 g/mol. The molecule has 1 aromatic heterocycles. The van der Waals surface area contributed by atoms with E-state index in [0.29, 0.717) is 12.3 Å². The summed E-state index contributed by atoms with van der Waals surface area (Å²) in [4.78, 5) is 28.3. The third-order valence-electron chi connectivity index (χ3n) is 2.15. The second-order valence-corrected chi connectivity index (χ2v) is 4.23. The van der Waals surface area contributed by atoms with Gasteiger partial charge in [-0.2, -0.15) is 0 Å². The van der Waals surface area contributed by atoms with Gasteiger partial charge in [0.05, 0.1) is 25.4 Å². The smallest absolute Gasteiger partial charge is 0.320 e. The number of ether oxygens (including phenoxy) is 1. The molecule has 19 heavy (non-hydrogen) atoms. The molecule has 0 bridgehead atoms. The molecule has 0 aromatic carbocycles. The monoisotopic (exact) mass is 285 g/mol. The highest BCUT2D eigenvalue weighted by atomic mass is 35.5. The molecule has 0 aliphatic heterocycles. The number of pyridine rings is 1. The maximum absolute atomic E-state index is 11.7. The zero-order chi connectivity index (χ0) is 14.3. The molecule has 1 heterocycles. The van der Waals surface area contributed by atoms with Gasteiger partial charge in [-0.3, -0.25) is 14.5 Å². The summed E-state index contributed by atoms with van der Waals surface area (Å²) >= 11 is 5.82. The van der Waals surface area contributed by atoms with Crippen LogP contribution >= 0.6 is 11.6 Å². The summed E-state index contributed by atoms with van der Waals surface area (Å²) in [5.41, 5.74) is 0.443. The maximum Gasteiger partial charge on any atom is 0.320 e. The summed E-state index contributed by atoms with van der Waals surface area (Å²) in [5.74, 6) is -0.640. The van der Waals surface area contributed by atoms with Crippen molar-refractivity contribution < 1.29 is 14.3 Å². The lowest BCUT2D eigenvalue weighted by molar-refractivity contribution is -0.144. The molecule has 0 radical (unpaired) electrons. The third-order valence-corrected chi connectivity index (χ3v) is 2.45. The highest BCUT2D eigenvalue weighted by Crippen LogP contribution is 2.17. The second kappa shape index (κ2) is 7.70. The minimum atomic E-state index is -0.364. The molecule has 104 valence electrons. The van der Waals surface area contributed by atoms with Crippen molar-refractivity contribution in [2.75, 3.05) is 32.1 Å². The van der Waals surface area contributed by atoms with Gasteiger partial charge in [-0.15, -0.1) is 0 Å². The summed E-state index contributed by atoms with van der Waals surface area (Å²) < 4.78 is 4.79. The molecule has 7 heteroatoms. The van der Waals surface area contributed by atoms with Gasteiger partial charge in [0.2, 0.25) is 5.91 Å². The fourth-order valence-electron chi connectivity index (χ4n) is 1.40. The third kappa shape index (κ3) is 5.67. The number of hydrogen-bond acceptors (Lipinski definition) is 5. The van der Waals surface area contributed by atoms with Crippen LogP contribution in [-0.4, -0.2) is 48.5 Å². The summed E-state index contributed by atoms with van der Waals surface area (Å²) in [5, 5.41) is 2.85. The van der Waals surface area contributed by atoms with E-state index >= 15 is 0 Å². The minimum absolute atomic E-state index is 0.0576. The number of anilines is 1. The van der Waals surface area contributed by atoms with Crippen LogP contribution in [0.2, 0.25) is 5.15 Å². The van der Waals surface area contributed by atoms with Gasteiger partial charge in [-0.05, 0) is 26.1 Å². The molecule has 0 saturated carbocycles. The van der Waals surface area contributed by atoms with Crippen molar-refractivity contribution in [1.29, 1.82) is 0 Å². The van der Waals surface area contributed by atoms with Crippen molar-refractivity contribution in [3.8, 4) is 0 Å². The van der Waals surface area contributed by atoms with Crippen molar-refractivity contribution in [3.63, 3.8) is 0 Å². The summed E-state index contributed by atoms with van der Waals surface area (Å²) in [6, 6.07) is 3.32. The number of carbonyl (C=O) groups is 2. The molecule has 1 rings (SSSR count). The van der Waals surface area contributed by atoms with Gasteiger partial charge in [-0.25, -0.2) is 4.98 Å². The molecule has 0 atom stereocenters. The zero-order valence-corrected chi connectivity index (χ0v) is 11.6. The molecule has 1 N–H and O–H groups in total. The van der Waals surface area contributed by atoms with E-state index in [1.165, 1.54) is 6.20 Å². The molecule has 0 spiro atoms. The number of esters is 1. The van der Waals surface area contributed by atoms with Gasteiger partial charge in [-0.1, -0.05) is 11.6 Å². The quantitative estimate of drug-likeness (QED) is 0.627. The maximum atomic E-state index is 11.7. The van der Waals surface area contributed by atoms with Crippen LogP contribution in [0.1, 0.15) is 6.92 Å². The van der Waals surface area contributed by atoms with E-state index in [2.05, 4.69) is 10.3 Å². The van der Waals surface area contributed by atoms with E-state index in [9.17, 15) is 9.59 Å². The SMILES string of the molecule is CCOC(=O)CN(C)CC(=O)Nc1cccnc1Cl. The molecule has 0 aliphatic rings. The first-order valence-corrected chi connectivity index (χ1v) is 6.15. The van der Waals surface area contributed by atoms with Crippen LogP contribution in [0.3, 0.4) is 0 Å². The Morgan fingerprint density at radius 3 is 2.84 bits per heavy atom. The Morgan fingerprint density at radius 1 is 1.47 bits per heavy atom. The zero-order valence-electron chi connectivity index (χ0n) is 10.9. The van der Waals surface area contributed by atoms with Crippen LogP contribution in [0.5, 0.6) is 0 Å². The van der Waals surface area contributed by atoms with Crippen molar-refractivity contribution in [2.45, 2.75) is 6.92 Å². The van der Waals surface area contributed by atoms with Crippen molar-refractivity contribution in [1.82, 2.24) is 9.88 Å². The van der Waals surface area contributed by atoms with E-state index in [4.69, 9.17) is 16.3 Å². The van der Waals surface area contributed by atoms with E-state index in [1.807, 2.05) is 0 Å². The van der Waals surface area contributed by atoms with Crippen LogP contribution in [-0.2, 0) is 14.3 Å². The highest BCUT2D eigenvalue weighted by Gasteiger charge is 2.12. The van der Waals surface area contributed by atoms with E-state index in [1.54, 1.807) is 31.0 Å². The van der Waals surface area contributed by atoms with Gasteiger partial charge in [0.15, 0.2) is 5.15 Å². The fraction of sp³-hybridized carbons (Fsp3) is 0.417. The standard InChI is InChI=1S/C12H16ClN3O3/c1-3-19-11(18)8-16(2)7-10(17)15-9-5-4-6-14-12(9)13/h4-6H,3,7-8H2,1-2H3,(H,15,17). The number of hydrogen-bond donors (Lipinski definition) is 1. The Balaban J connectivity index is 2.43. The molecule has 1 amide bonds. The van der Waals surface area contributed by atoms with Gasteiger partial charge < -0.3 is 10.1 Å². The Labute approximate surface area is 116 Å². The van der Waals surface area contributed by atoms with Gasteiger partial charge in [0.1, 0.15) is 0 Å². The van der Waals surface area contributed by atoms with Crippen molar-refractivity contribution in [2.24, 2.45) is 0 Å². The van der Waals surface area contributed by atoms with Crippen molar-refractivity contribution in [3.05, 3.63) is 23.5 Å². The largest absolute Gasteiger partial charge is 0.465 e. The Bertz CT molecular complexity index is 454. The molecule has 1 aromatic rings. The molecular formula is C12H16ClN3O3. The van der Waals surface area contributed by atoms with Gasteiger partial charge >= 0.3 is 5.97 Å². The van der Waals surface area contributed by atoms with E-state index in [-0.39, 0.29) is 30.1 Å². The number of halogens is 1. The number of nitrogens with one attached hydrogen (secondary N) is 1. The Morgan fingerprint density at radius 2 is 2.21 bits per heavy atom. The summed E-state index contributed by atoms with van der Waals surface area (Å²) in [6.45, 7) is 2.17. The first-order chi connectivity index (χ1) is 9.02. The second-order valence-electron chi connectivity index (χ2n) is 3.87. The summed E-state index contributed by atoms with van der Waals surface area (Å²) in [7, 11) is 1.65. The Kier molecular flexibility index (Phi) is 6.24. The average Bonchev–Trinajstić information content (AvgIpc) is 2.31. The molecule has 0 aliphatic carbocycles. The predicted molar refractivity (Wildman–Crippen MR) is 72.0 cm³/mol. The lowest BCUT2D eigenvalue weighted by Crippen LogP contribution is -2.34. The summed E-state index contributed by atoms with van der Waals surface area (Å²) in [6.07, 6.45) is 1.53. The van der Waals surface area contributed by atoms with Gasteiger partial charge in [0, 0.05) is 6.20 Å². The molecule has 0 unspecified atom stereocenters. The molecule has 0 saturated heterocycles. The lowest BCUT2D eigenvalue weighted by Gasteiger charge is -2.15. The molecule has 6 nitrogen and oxygen atoms in total. The van der Waals surface area contributed by atoms with Crippen LogP contribution in [0.25, 0.3) is 0 Å². The predicted octanol–water partition coefficient (Wildman–Crippen LogP) is 1.17. The van der Waals surface area contributed by atoms with Crippen LogP contribution in [0.15, 0.2) is 18.3 Å². The number of nitrogens with zero attached hydrogens (tertiary/aromatic N) is 2. The highest BCUT2D eigenvalue weighted by molar-refractivity contribution is 6.32.